The number of nitrogens with one attached hydrogen (secondary N) is 2. The largest absolute Gasteiger partial charge is 0.437 e. The number of hydrogen-bond donors (Lipinski definition) is 2. The fourth-order valence-corrected chi connectivity index (χ4v) is 5.70. The minimum atomic E-state index is -0.891. The molecule has 2 amide bonds. The first kappa shape index (κ1) is 34.5. The van der Waals surface area contributed by atoms with E-state index >= 15 is 0 Å². The first-order valence-corrected chi connectivity index (χ1v) is 15.2. The van der Waals surface area contributed by atoms with Gasteiger partial charge in [0.15, 0.2) is 0 Å². The Balaban J connectivity index is 0.00000506. The molecule has 0 spiro atoms. The third kappa shape index (κ3) is 9.74. The van der Waals surface area contributed by atoms with Crippen LogP contribution in [0.2, 0.25) is 0 Å². The molecule has 43 heavy (non-hydrogen) atoms. The second-order valence-corrected chi connectivity index (χ2v) is 12.4. The topological polar surface area (TPSA) is 136 Å². The Kier molecular flexibility index (Phi) is 13.0. The van der Waals surface area contributed by atoms with E-state index in [2.05, 4.69) is 20.6 Å². The van der Waals surface area contributed by atoms with Gasteiger partial charge in [0.1, 0.15) is 0 Å². The van der Waals surface area contributed by atoms with Crippen LogP contribution in [0.25, 0.3) is 0 Å². The van der Waals surface area contributed by atoms with Crippen molar-refractivity contribution in [1.82, 2.24) is 25.3 Å². The molecule has 0 unspecified atom stereocenters. The number of morpholine rings is 1. The lowest BCUT2D eigenvalue weighted by Gasteiger charge is -2.32. The minimum Gasteiger partial charge on any atom is -0.384 e. The second-order valence-electron chi connectivity index (χ2n) is 12.4. The van der Waals surface area contributed by atoms with Crippen LogP contribution in [0.5, 0.6) is 0 Å². The summed E-state index contributed by atoms with van der Waals surface area (Å²) < 4.78 is 11.8. The first-order chi connectivity index (χ1) is 20.1. The highest BCUT2D eigenvalue weighted by Crippen LogP contribution is 2.26. The highest BCUT2D eigenvalue weighted by molar-refractivity contribution is 5.99. The van der Waals surface area contributed by atoms with Gasteiger partial charge in [0, 0.05) is 31.2 Å². The molecule has 0 radical (unpaired) electrons. The number of rotatable bonds is 12. The van der Waals surface area contributed by atoms with E-state index in [4.69, 9.17) is 9.15 Å². The van der Waals surface area contributed by atoms with Crippen LogP contribution < -0.4 is 16.4 Å². The zero-order chi connectivity index (χ0) is 30.2. The summed E-state index contributed by atoms with van der Waals surface area (Å²) >= 11 is 0. The molecular weight excluding hydrogens is 574 g/mol. The summed E-state index contributed by atoms with van der Waals surface area (Å²) in [5.41, 5.74) is 1.62. The van der Waals surface area contributed by atoms with Gasteiger partial charge in [-0.05, 0) is 48.8 Å². The molecular formula is C31H46ClN5O6. The van der Waals surface area contributed by atoms with Gasteiger partial charge in [0.25, 0.3) is 11.8 Å². The zero-order valence-electron chi connectivity index (χ0n) is 25.7. The molecule has 2 aromatic rings. The summed E-state index contributed by atoms with van der Waals surface area (Å²) in [6.45, 7) is 12.0. The molecule has 1 aliphatic heterocycles. The SMILES string of the molecule is CC(C)C[C@H](NC(=O)[C@@H]1CCCC[C@@H]1NC(=O)c1cccc(CN2CCOCC2)c1)C(=O)c1nn(CC(C)C)c(=O)o1.Cl. The van der Waals surface area contributed by atoms with Gasteiger partial charge in [-0.15, -0.1) is 17.5 Å². The lowest BCUT2D eigenvalue weighted by molar-refractivity contribution is -0.127. The average Bonchev–Trinajstić information content (AvgIpc) is 3.32. The van der Waals surface area contributed by atoms with Gasteiger partial charge in [-0.3, -0.25) is 19.3 Å². The molecule has 4 rings (SSSR count). The maximum atomic E-state index is 13.6. The first-order valence-electron chi connectivity index (χ1n) is 15.2. The Bertz CT molecular complexity index is 1290. The molecule has 1 aromatic heterocycles. The van der Waals surface area contributed by atoms with Crippen molar-refractivity contribution in [3.8, 4) is 0 Å². The molecule has 11 nitrogen and oxygen atoms in total. The quantitative estimate of drug-likeness (QED) is 0.345. The molecule has 12 heteroatoms. The van der Waals surface area contributed by atoms with Gasteiger partial charge in [-0.1, -0.05) is 52.7 Å². The van der Waals surface area contributed by atoms with Gasteiger partial charge >= 0.3 is 5.76 Å². The number of Topliss-reactive ketones (excluding diaryl/α,β-unsaturated/α-hetero) is 1. The van der Waals surface area contributed by atoms with E-state index < -0.39 is 23.5 Å². The number of ether oxygens (including phenoxy) is 1. The predicted octanol–water partition coefficient (Wildman–Crippen LogP) is 3.45. The molecule has 2 aliphatic rings. The Hall–Kier alpha value is -3.02. The third-order valence-corrected chi connectivity index (χ3v) is 7.81. The van der Waals surface area contributed by atoms with Crippen molar-refractivity contribution >= 4 is 30.0 Å². The summed E-state index contributed by atoms with van der Waals surface area (Å²) in [5, 5.41) is 10.1. The zero-order valence-corrected chi connectivity index (χ0v) is 26.5. The van der Waals surface area contributed by atoms with Crippen LogP contribution in [0.15, 0.2) is 33.5 Å². The summed E-state index contributed by atoms with van der Waals surface area (Å²) in [7, 11) is 0. The van der Waals surface area contributed by atoms with E-state index in [0.717, 1.165) is 42.7 Å². The van der Waals surface area contributed by atoms with Crippen LogP contribution in [0.1, 0.15) is 86.4 Å². The Morgan fingerprint density at radius 3 is 2.47 bits per heavy atom. The molecule has 1 aliphatic carbocycles. The number of carbonyl (C=O) groups excluding carboxylic acids is 3. The maximum Gasteiger partial charge on any atom is 0.437 e. The normalized spacial score (nSPS) is 20.0. The van der Waals surface area contributed by atoms with Gasteiger partial charge < -0.3 is 19.8 Å². The van der Waals surface area contributed by atoms with Gasteiger partial charge in [0.2, 0.25) is 11.7 Å². The van der Waals surface area contributed by atoms with Crippen molar-refractivity contribution in [3.05, 3.63) is 51.8 Å². The van der Waals surface area contributed by atoms with Crippen LogP contribution in [-0.2, 0) is 22.6 Å². The molecule has 0 bridgehead atoms. The van der Waals surface area contributed by atoms with E-state index in [9.17, 15) is 19.2 Å². The summed E-state index contributed by atoms with van der Waals surface area (Å²) in [5.74, 6) is -2.25. The van der Waals surface area contributed by atoms with E-state index in [-0.39, 0.29) is 48.0 Å². The molecule has 238 valence electrons. The summed E-state index contributed by atoms with van der Waals surface area (Å²) in [6, 6.07) is 6.36. The Morgan fingerprint density at radius 2 is 1.77 bits per heavy atom. The van der Waals surface area contributed by atoms with Crippen molar-refractivity contribution < 1.29 is 23.5 Å². The fraction of sp³-hybridized carbons (Fsp3) is 0.645. The summed E-state index contributed by atoms with van der Waals surface area (Å²) in [6.07, 6.45) is 3.41. The van der Waals surface area contributed by atoms with Crippen LogP contribution >= 0.6 is 12.4 Å². The number of amides is 2. The third-order valence-electron chi connectivity index (χ3n) is 7.81. The van der Waals surface area contributed by atoms with E-state index in [1.165, 1.54) is 0 Å². The number of ketones is 1. The van der Waals surface area contributed by atoms with E-state index in [0.29, 0.717) is 44.6 Å². The lowest BCUT2D eigenvalue weighted by atomic mass is 9.83. The van der Waals surface area contributed by atoms with Gasteiger partial charge in [-0.2, -0.15) is 4.68 Å². The van der Waals surface area contributed by atoms with E-state index in [1.54, 1.807) is 6.07 Å². The molecule has 2 fully saturated rings. The Morgan fingerprint density at radius 1 is 1.05 bits per heavy atom. The monoisotopic (exact) mass is 619 g/mol. The molecule has 1 saturated heterocycles. The molecule has 2 N–H and O–H groups in total. The van der Waals surface area contributed by atoms with E-state index in [1.807, 2.05) is 45.9 Å². The fourth-order valence-electron chi connectivity index (χ4n) is 5.70. The highest BCUT2D eigenvalue weighted by atomic mass is 35.5. The van der Waals surface area contributed by atoms with Gasteiger partial charge in [0.05, 0.1) is 31.7 Å². The van der Waals surface area contributed by atoms with Crippen LogP contribution in [-0.4, -0.2) is 70.7 Å². The van der Waals surface area contributed by atoms with Crippen molar-refractivity contribution in [2.75, 3.05) is 26.3 Å². The number of halogens is 1. The molecule has 3 atom stereocenters. The maximum absolute atomic E-state index is 13.6. The number of aromatic nitrogens is 2. The average molecular weight is 620 g/mol. The number of benzene rings is 1. The number of nitrogens with zero attached hydrogens (tertiary/aromatic N) is 3. The predicted molar refractivity (Wildman–Crippen MR) is 164 cm³/mol. The van der Waals surface area contributed by atoms with Crippen molar-refractivity contribution in [3.63, 3.8) is 0 Å². The van der Waals surface area contributed by atoms with Crippen LogP contribution in [0, 0.1) is 17.8 Å². The van der Waals surface area contributed by atoms with Crippen LogP contribution in [0.4, 0.5) is 0 Å². The van der Waals surface area contributed by atoms with Crippen molar-refractivity contribution in [2.24, 2.45) is 17.8 Å². The van der Waals surface area contributed by atoms with Crippen LogP contribution in [0.3, 0.4) is 0 Å². The Labute approximate surface area is 259 Å². The van der Waals surface area contributed by atoms with Crippen molar-refractivity contribution in [2.45, 2.75) is 85.0 Å². The molecule has 1 aromatic carbocycles. The van der Waals surface area contributed by atoms with Gasteiger partial charge in [-0.25, -0.2) is 4.79 Å². The smallest absolute Gasteiger partial charge is 0.384 e. The minimum absolute atomic E-state index is 0. The second kappa shape index (κ2) is 16.2. The highest BCUT2D eigenvalue weighted by Gasteiger charge is 2.36. The standard InChI is InChI=1S/C31H45N5O6.ClH/c1-20(2)16-26(27(37)30-34-36(18-21(3)4)31(40)42-30)33-29(39)24-10-5-6-11-25(24)32-28(38)23-9-7-8-22(17-23)19-35-12-14-41-15-13-35;/h7-9,17,20-21,24-26H,5-6,10-16,18-19H2,1-4H3,(H,32,38)(H,33,39);1H/t24-,25+,26+;/m1./s1. The summed E-state index contributed by atoms with van der Waals surface area (Å²) in [4.78, 5) is 54.8. The number of hydrogen-bond acceptors (Lipinski definition) is 8. The molecule has 1 saturated carbocycles. The number of carbonyl (C=O) groups is 3. The van der Waals surface area contributed by atoms with Crippen molar-refractivity contribution in [1.29, 1.82) is 0 Å². The lowest BCUT2D eigenvalue weighted by Crippen LogP contribution is -2.52. The molecule has 2 heterocycles.